The number of carbonyl (C=O) groups is 1. The molecule has 4 aromatic carbocycles. The van der Waals surface area contributed by atoms with Crippen molar-refractivity contribution in [1.82, 2.24) is 5.16 Å². The molecule has 0 unspecified atom stereocenters. The van der Waals surface area contributed by atoms with Crippen LogP contribution in [0.2, 0.25) is 10.0 Å². The van der Waals surface area contributed by atoms with Gasteiger partial charge in [-0.2, -0.15) is 0 Å². The Balaban J connectivity index is 1.31. The minimum absolute atomic E-state index is 0.272. The number of benzene rings is 4. The van der Waals surface area contributed by atoms with Gasteiger partial charge in [-0.15, -0.1) is 0 Å². The largest absolute Gasteiger partial charge is 0.489 e. The van der Waals surface area contributed by atoms with Crippen molar-refractivity contribution in [1.29, 1.82) is 0 Å². The Morgan fingerprint density at radius 2 is 1.56 bits per heavy atom. The normalized spacial score (nSPS) is 11.2. The van der Waals surface area contributed by atoms with Gasteiger partial charge in [-0.3, -0.25) is 0 Å². The smallest absolute Gasteiger partial charge is 0.335 e. The minimum Gasteiger partial charge on any atom is -0.489 e. The summed E-state index contributed by atoms with van der Waals surface area (Å²) in [6, 6.07) is 24.6. The first kappa shape index (κ1) is 26.8. The standard InChI is InChI=1S/C32H27Cl2NO4/c1-2-4-31-27(30(35-39-31)16-15-26-28(33)5-3-6-29(26)34)19-38-25-13-11-20(12-14-25)22-9-7-21-8-10-23(32(36)37)18-24(21)17-22/h3,5-14,17-18H,2,4,15-16,19H2,1H3,(H,36,37). The fourth-order valence-corrected chi connectivity index (χ4v) is 5.22. The molecule has 1 heterocycles. The van der Waals surface area contributed by atoms with Crippen molar-refractivity contribution in [2.24, 2.45) is 0 Å². The van der Waals surface area contributed by atoms with E-state index in [9.17, 15) is 9.90 Å². The molecule has 198 valence electrons. The van der Waals surface area contributed by atoms with E-state index in [1.807, 2.05) is 66.7 Å². The number of nitrogens with zero attached hydrogens (tertiary/aromatic N) is 1. The summed E-state index contributed by atoms with van der Waals surface area (Å²) in [5.41, 5.74) is 5.00. The molecule has 39 heavy (non-hydrogen) atoms. The second kappa shape index (κ2) is 11.9. The summed E-state index contributed by atoms with van der Waals surface area (Å²) < 4.78 is 11.8. The number of aromatic nitrogens is 1. The first-order valence-electron chi connectivity index (χ1n) is 12.8. The predicted molar refractivity (Wildman–Crippen MR) is 155 cm³/mol. The maximum absolute atomic E-state index is 11.4. The Kier molecular flexibility index (Phi) is 8.20. The fourth-order valence-electron chi connectivity index (χ4n) is 4.64. The molecule has 0 aliphatic heterocycles. The van der Waals surface area contributed by atoms with Crippen molar-refractivity contribution in [2.45, 2.75) is 39.2 Å². The average molecular weight is 560 g/mol. The quantitative estimate of drug-likeness (QED) is 0.185. The first-order valence-corrected chi connectivity index (χ1v) is 13.6. The zero-order valence-corrected chi connectivity index (χ0v) is 22.9. The highest BCUT2D eigenvalue weighted by Crippen LogP contribution is 2.29. The lowest BCUT2D eigenvalue weighted by molar-refractivity contribution is 0.0697. The number of halogens is 2. The number of carboxylic acid groups (broad SMARTS) is 1. The van der Waals surface area contributed by atoms with E-state index in [0.29, 0.717) is 29.5 Å². The monoisotopic (exact) mass is 559 g/mol. The van der Waals surface area contributed by atoms with E-state index >= 15 is 0 Å². The Morgan fingerprint density at radius 3 is 2.28 bits per heavy atom. The van der Waals surface area contributed by atoms with Gasteiger partial charge in [0.15, 0.2) is 0 Å². The van der Waals surface area contributed by atoms with E-state index in [-0.39, 0.29) is 5.56 Å². The van der Waals surface area contributed by atoms with Crippen LogP contribution in [0.3, 0.4) is 0 Å². The molecule has 0 bridgehead atoms. The number of aromatic carboxylic acids is 1. The molecular formula is C32H27Cl2NO4. The average Bonchev–Trinajstić information content (AvgIpc) is 3.32. The Bertz CT molecular complexity index is 1610. The molecule has 5 nitrogen and oxygen atoms in total. The van der Waals surface area contributed by atoms with Gasteiger partial charge in [0.1, 0.15) is 18.1 Å². The highest BCUT2D eigenvalue weighted by molar-refractivity contribution is 6.36. The van der Waals surface area contributed by atoms with E-state index < -0.39 is 5.97 Å². The predicted octanol–water partition coefficient (Wildman–Crippen LogP) is 8.82. The van der Waals surface area contributed by atoms with Crippen LogP contribution in [0.1, 0.15) is 46.3 Å². The molecule has 5 rings (SSSR count). The maximum atomic E-state index is 11.4. The molecule has 0 amide bonds. The van der Waals surface area contributed by atoms with E-state index in [0.717, 1.165) is 63.1 Å². The van der Waals surface area contributed by atoms with E-state index in [2.05, 4.69) is 12.1 Å². The van der Waals surface area contributed by atoms with Gasteiger partial charge in [-0.05, 0) is 89.2 Å². The van der Waals surface area contributed by atoms with Crippen LogP contribution in [0.5, 0.6) is 5.75 Å². The third-order valence-corrected chi connectivity index (χ3v) is 7.47. The Morgan fingerprint density at radius 1 is 0.846 bits per heavy atom. The number of rotatable bonds is 10. The SMILES string of the molecule is CCCc1onc(CCc2c(Cl)cccc2Cl)c1COc1ccc(-c2ccc3ccc(C(=O)O)cc3c2)cc1. The zero-order chi connectivity index (χ0) is 27.4. The minimum atomic E-state index is -0.936. The molecule has 1 aromatic heterocycles. The van der Waals surface area contributed by atoms with Crippen LogP contribution >= 0.6 is 23.2 Å². The summed E-state index contributed by atoms with van der Waals surface area (Å²) in [5, 5.41) is 16.8. The Hall–Kier alpha value is -3.80. The molecule has 5 aromatic rings. The zero-order valence-electron chi connectivity index (χ0n) is 21.4. The lowest BCUT2D eigenvalue weighted by atomic mass is 10.00. The number of hydrogen-bond acceptors (Lipinski definition) is 4. The summed E-state index contributed by atoms with van der Waals surface area (Å²) in [6.45, 7) is 2.45. The van der Waals surface area contributed by atoms with Gasteiger partial charge in [0, 0.05) is 16.5 Å². The highest BCUT2D eigenvalue weighted by atomic mass is 35.5. The summed E-state index contributed by atoms with van der Waals surface area (Å²) in [5.74, 6) is 0.636. The van der Waals surface area contributed by atoms with Gasteiger partial charge in [0.05, 0.1) is 16.8 Å². The molecular weight excluding hydrogens is 533 g/mol. The molecule has 1 N–H and O–H groups in total. The molecule has 0 spiro atoms. The van der Waals surface area contributed by atoms with Crippen LogP contribution in [0.15, 0.2) is 83.4 Å². The lowest BCUT2D eigenvalue weighted by Crippen LogP contribution is -2.03. The molecule has 7 heteroatoms. The number of ether oxygens (including phenoxy) is 1. The van der Waals surface area contributed by atoms with Gasteiger partial charge in [-0.1, -0.05) is 71.7 Å². The summed E-state index contributed by atoms with van der Waals surface area (Å²) in [4.78, 5) is 11.4. The van der Waals surface area contributed by atoms with Crippen LogP contribution in [-0.4, -0.2) is 16.2 Å². The van der Waals surface area contributed by atoms with Gasteiger partial charge in [-0.25, -0.2) is 4.79 Å². The van der Waals surface area contributed by atoms with Crippen LogP contribution < -0.4 is 4.74 Å². The van der Waals surface area contributed by atoms with E-state index in [1.165, 1.54) is 0 Å². The van der Waals surface area contributed by atoms with Crippen LogP contribution in [-0.2, 0) is 25.9 Å². The van der Waals surface area contributed by atoms with Crippen LogP contribution in [0.25, 0.3) is 21.9 Å². The van der Waals surface area contributed by atoms with E-state index in [1.54, 1.807) is 12.1 Å². The molecule has 0 fully saturated rings. The van der Waals surface area contributed by atoms with Gasteiger partial charge in [0.2, 0.25) is 0 Å². The molecule has 0 saturated carbocycles. The molecule has 0 radical (unpaired) electrons. The summed E-state index contributed by atoms with van der Waals surface area (Å²) in [7, 11) is 0. The van der Waals surface area contributed by atoms with Gasteiger partial charge in [0.25, 0.3) is 0 Å². The van der Waals surface area contributed by atoms with Crippen molar-refractivity contribution in [2.75, 3.05) is 0 Å². The van der Waals surface area contributed by atoms with Crippen molar-refractivity contribution in [3.63, 3.8) is 0 Å². The third kappa shape index (κ3) is 6.11. The van der Waals surface area contributed by atoms with Crippen LogP contribution in [0, 0.1) is 0 Å². The van der Waals surface area contributed by atoms with Gasteiger partial charge >= 0.3 is 5.97 Å². The topological polar surface area (TPSA) is 72.6 Å². The molecule has 0 atom stereocenters. The van der Waals surface area contributed by atoms with Crippen molar-refractivity contribution >= 4 is 39.9 Å². The maximum Gasteiger partial charge on any atom is 0.335 e. The number of fused-ring (bicyclic) bond motifs is 1. The summed E-state index contributed by atoms with van der Waals surface area (Å²) >= 11 is 12.7. The summed E-state index contributed by atoms with van der Waals surface area (Å²) in [6.07, 6.45) is 3.01. The number of aryl methyl sites for hydroxylation is 2. The van der Waals surface area contributed by atoms with Crippen molar-refractivity contribution in [3.8, 4) is 16.9 Å². The second-order valence-corrected chi connectivity index (χ2v) is 10.2. The van der Waals surface area contributed by atoms with Crippen molar-refractivity contribution in [3.05, 3.63) is 117 Å². The van der Waals surface area contributed by atoms with Crippen LogP contribution in [0.4, 0.5) is 0 Å². The Labute approximate surface area is 236 Å². The second-order valence-electron chi connectivity index (χ2n) is 9.38. The van der Waals surface area contributed by atoms with Gasteiger partial charge < -0.3 is 14.4 Å². The van der Waals surface area contributed by atoms with Crippen molar-refractivity contribution < 1.29 is 19.2 Å². The first-order chi connectivity index (χ1) is 18.9. The fraction of sp³-hybridized carbons (Fsp3) is 0.188. The molecule has 0 aliphatic carbocycles. The third-order valence-electron chi connectivity index (χ3n) is 6.76. The lowest BCUT2D eigenvalue weighted by Gasteiger charge is -2.10. The molecule has 0 saturated heterocycles. The number of carboxylic acids is 1. The molecule has 0 aliphatic rings. The number of hydrogen-bond donors (Lipinski definition) is 1. The van der Waals surface area contributed by atoms with E-state index in [4.69, 9.17) is 32.5 Å². The highest BCUT2D eigenvalue weighted by Gasteiger charge is 2.17.